The van der Waals surface area contributed by atoms with Crippen LogP contribution in [0.5, 0.6) is 0 Å². The molecule has 0 aromatic carbocycles. The van der Waals surface area contributed by atoms with E-state index in [-0.39, 0.29) is 0 Å². The molecule has 0 unspecified atom stereocenters. The maximum Gasteiger partial charge on any atom is 0.0109 e. The van der Waals surface area contributed by atoms with E-state index in [4.69, 9.17) is 5.73 Å². The first-order chi connectivity index (χ1) is 7.56. The third-order valence-electron chi connectivity index (χ3n) is 2.59. The molecule has 0 spiro atoms. The molecule has 0 saturated carbocycles. The predicted molar refractivity (Wildman–Crippen MR) is 74.5 cm³/mol. The van der Waals surface area contributed by atoms with Gasteiger partial charge in [-0.25, -0.2) is 0 Å². The Morgan fingerprint density at radius 2 is 1.31 bits per heavy atom. The van der Waals surface area contributed by atoms with Crippen LogP contribution in [0.3, 0.4) is 0 Å². The highest BCUT2D eigenvalue weighted by Gasteiger charge is 1.91. The Kier molecular flexibility index (Phi) is 8.93. The average Bonchev–Trinajstić information content (AvgIpc) is 2.17. The molecule has 0 bridgehead atoms. The van der Waals surface area contributed by atoms with Crippen molar-refractivity contribution in [2.45, 2.75) is 53.4 Å². The summed E-state index contributed by atoms with van der Waals surface area (Å²) >= 11 is 0. The summed E-state index contributed by atoms with van der Waals surface area (Å²) < 4.78 is 0. The second-order valence-electron chi connectivity index (χ2n) is 4.70. The van der Waals surface area contributed by atoms with Crippen LogP contribution in [0, 0.1) is 0 Å². The summed E-state index contributed by atoms with van der Waals surface area (Å²) in [6.07, 6.45) is 11.4. The topological polar surface area (TPSA) is 26.0 Å². The largest absolute Gasteiger partial charge is 0.327 e. The minimum atomic E-state index is 0.662. The van der Waals surface area contributed by atoms with E-state index in [0.717, 1.165) is 12.8 Å². The lowest BCUT2D eigenvalue weighted by molar-refractivity contribution is 0.914. The van der Waals surface area contributed by atoms with Gasteiger partial charge in [-0.05, 0) is 53.4 Å². The first kappa shape index (κ1) is 15.2. The molecule has 92 valence electrons. The number of hydrogen-bond donors (Lipinski definition) is 1. The summed E-state index contributed by atoms with van der Waals surface area (Å²) in [5.74, 6) is 0. The summed E-state index contributed by atoms with van der Waals surface area (Å²) in [6, 6.07) is 0. The van der Waals surface area contributed by atoms with Gasteiger partial charge in [-0.1, -0.05) is 34.9 Å². The molecule has 0 rings (SSSR count). The van der Waals surface area contributed by atoms with E-state index in [2.05, 4.69) is 45.9 Å². The van der Waals surface area contributed by atoms with Crippen LogP contribution in [0.15, 0.2) is 34.9 Å². The molecular formula is C15H27N. The standard InChI is InChI=1S/C15H27N/c1-13(2)7-5-8-14(3)9-6-10-15(4)11-12-16/h7,9,11H,5-6,8,10,12,16H2,1-4H3/b14-9-,15-11+. The number of hydrogen-bond acceptors (Lipinski definition) is 1. The van der Waals surface area contributed by atoms with Crippen molar-refractivity contribution in [1.82, 2.24) is 0 Å². The second-order valence-corrected chi connectivity index (χ2v) is 4.70. The normalized spacial score (nSPS) is 12.8. The molecule has 0 aromatic heterocycles. The van der Waals surface area contributed by atoms with Gasteiger partial charge in [0.15, 0.2) is 0 Å². The van der Waals surface area contributed by atoms with Crippen molar-refractivity contribution in [3.05, 3.63) is 34.9 Å². The van der Waals surface area contributed by atoms with Crippen molar-refractivity contribution in [3.63, 3.8) is 0 Å². The summed E-state index contributed by atoms with van der Waals surface area (Å²) in [5.41, 5.74) is 9.77. The summed E-state index contributed by atoms with van der Waals surface area (Å²) in [6.45, 7) is 9.34. The fraction of sp³-hybridized carbons (Fsp3) is 0.600. The third kappa shape index (κ3) is 9.72. The maximum absolute atomic E-state index is 5.46. The molecule has 0 heterocycles. The van der Waals surface area contributed by atoms with E-state index < -0.39 is 0 Å². The molecule has 0 fully saturated rings. The molecule has 0 aliphatic carbocycles. The van der Waals surface area contributed by atoms with Crippen LogP contribution in [0.1, 0.15) is 53.4 Å². The van der Waals surface area contributed by atoms with Gasteiger partial charge in [0.2, 0.25) is 0 Å². The SMILES string of the molecule is CC(C)=CCC/C(C)=C\CC/C(C)=C/CN. The van der Waals surface area contributed by atoms with Gasteiger partial charge in [-0.3, -0.25) is 0 Å². The molecule has 0 atom stereocenters. The molecule has 0 saturated heterocycles. The van der Waals surface area contributed by atoms with Gasteiger partial charge in [-0.15, -0.1) is 0 Å². The highest BCUT2D eigenvalue weighted by Crippen LogP contribution is 2.10. The first-order valence-electron chi connectivity index (χ1n) is 6.21. The monoisotopic (exact) mass is 221 g/mol. The molecule has 1 heteroatoms. The van der Waals surface area contributed by atoms with Crippen LogP contribution in [0.2, 0.25) is 0 Å². The average molecular weight is 221 g/mol. The van der Waals surface area contributed by atoms with Gasteiger partial charge in [-0.2, -0.15) is 0 Å². The molecule has 2 N–H and O–H groups in total. The zero-order chi connectivity index (χ0) is 12.4. The van der Waals surface area contributed by atoms with E-state index in [1.54, 1.807) is 0 Å². The van der Waals surface area contributed by atoms with Crippen molar-refractivity contribution in [1.29, 1.82) is 0 Å². The summed E-state index contributed by atoms with van der Waals surface area (Å²) in [7, 11) is 0. The Bertz CT molecular complexity index is 265. The smallest absolute Gasteiger partial charge is 0.0109 e. The zero-order valence-electron chi connectivity index (χ0n) is 11.3. The number of rotatable bonds is 7. The van der Waals surface area contributed by atoms with E-state index in [1.165, 1.54) is 29.6 Å². The fourth-order valence-corrected chi connectivity index (χ4v) is 1.54. The van der Waals surface area contributed by atoms with Crippen LogP contribution in [0.25, 0.3) is 0 Å². The van der Waals surface area contributed by atoms with Gasteiger partial charge in [0.1, 0.15) is 0 Å². The Morgan fingerprint density at radius 1 is 0.812 bits per heavy atom. The minimum Gasteiger partial charge on any atom is -0.327 e. The molecule has 16 heavy (non-hydrogen) atoms. The zero-order valence-corrected chi connectivity index (χ0v) is 11.3. The van der Waals surface area contributed by atoms with Gasteiger partial charge in [0.25, 0.3) is 0 Å². The van der Waals surface area contributed by atoms with Crippen LogP contribution in [-0.4, -0.2) is 6.54 Å². The molecule has 0 radical (unpaired) electrons. The van der Waals surface area contributed by atoms with Gasteiger partial charge < -0.3 is 5.73 Å². The number of allylic oxidation sites excluding steroid dienone is 5. The van der Waals surface area contributed by atoms with Crippen LogP contribution in [0.4, 0.5) is 0 Å². The Labute approximate surface area is 101 Å². The van der Waals surface area contributed by atoms with Crippen molar-refractivity contribution < 1.29 is 0 Å². The van der Waals surface area contributed by atoms with Gasteiger partial charge >= 0.3 is 0 Å². The van der Waals surface area contributed by atoms with Crippen molar-refractivity contribution >= 4 is 0 Å². The van der Waals surface area contributed by atoms with Gasteiger partial charge in [0, 0.05) is 6.54 Å². The summed E-state index contributed by atoms with van der Waals surface area (Å²) in [4.78, 5) is 0. The van der Waals surface area contributed by atoms with E-state index >= 15 is 0 Å². The van der Waals surface area contributed by atoms with Crippen molar-refractivity contribution in [3.8, 4) is 0 Å². The Balaban J connectivity index is 3.79. The van der Waals surface area contributed by atoms with Crippen LogP contribution in [-0.2, 0) is 0 Å². The molecule has 0 amide bonds. The molecule has 0 aliphatic heterocycles. The van der Waals surface area contributed by atoms with Gasteiger partial charge in [0.05, 0.1) is 0 Å². The fourth-order valence-electron chi connectivity index (χ4n) is 1.54. The second kappa shape index (κ2) is 9.41. The molecule has 1 nitrogen and oxygen atoms in total. The van der Waals surface area contributed by atoms with Crippen molar-refractivity contribution in [2.24, 2.45) is 5.73 Å². The van der Waals surface area contributed by atoms with E-state index in [1.807, 2.05) is 0 Å². The highest BCUT2D eigenvalue weighted by atomic mass is 14.5. The molecule has 0 aromatic rings. The molecule has 0 aliphatic rings. The van der Waals surface area contributed by atoms with Crippen LogP contribution >= 0.6 is 0 Å². The molecular weight excluding hydrogens is 194 g/mol. The minimum absolute atomic E-state index is 0.662. The van der Waals surface area contributed by atoms with E-state index in [0.29, 0.717) is 6.54 Å². The highest BCUT2D eigenvalue weighted by molar-refractivity contribution is 5.05. The maximum atomic E-state index is 5.46. The lowest BCUT2D eigenvalue weighted by Gasteiger charge is -2.00. The summed E-state index contributed by atoms with van der Waals surface area (Å²) in [5, 5.41) is 0. The Morgan fingerprint density at radius 3 is 1.81 bits per heavy atom. The predicted octanol–water partition coefficient (Wildman–Crippen LogP) is 4.36. The lowest BCUT2D eigenvalue weighted by atomic mass is 10.1. The van der Waals surface area contributed by atoms with Crippen LogP contribution < -0.4 is 5.73 Å². The lowest BCUT2D eigenvalue weighted by Crippen LogP contribution is -1.94. The quantitative estimate of drug-likeness (QED) is 0.635. The van der Waals surface area contributed by atoms with Crippen molar-refractivity contribution in [2.75, 3.05) is 6.54 Å². The third-order valence-corrected chi connectivity index (χ3v) is 2.59. The Hall–Kier alpha value is -0.820. The number of nitrogens with two attached hydrogens (primary N) is 1. The first-order valence-corrected chi connectivity index (χ1v) is 6.21. The van der Waals surface area contributed by atoms with E-state index in [9.17, 15) is 0 Å².